The summed E-state index contributed by atoms with van der Waals surface area (Å²) in [6.45, 7) is 2.82. The lowest BCUT2D eigenvalue weighted by atomic mass is 9.86. The molecule has 1 aliphatic heterocycles. The van der Waals surface area contributed by atoms with Crippen molar-refractivity contribution in [2.24, 2.45) is 5.41 Å². The van der Waals surface area contributed by atoms with Crippen molar-refractivity contribution in [1.82, 2.24) is 15.5 Å². The van der Waals surface area contributed by atoms with Crippen LogP contribution in [0.2, 0.25) is 0 Å². The summed E-state index contributed by atoms with van der Waals surface area (Å²) in [6.07, 6.45) is 6.82. The van der Waals surface area contributed by atoms with Gasteiger partial charge in [-0.2, -0.15) is 0 Å². The Morgan fingerprint density at radius 1 is 1.28 bits per heavy atom. The summed E-state index contributed by atoms with van der Waals surface area (Å²) in [7, 11) is 1.88. The molecule has 3 rings (SSSR count). The maximum atomic E-state index is 5.65. The molecule has 1 saturated carbocycles. The van der Waals surface area contributed by atoms with Gasteiger partial charge in [0, 0.05) is 13.1 Å². The number of rotatable bonds is 3. The van der Waals surface area contributed by atoms with Gasteiger partial charge >= 0.3 is 6.01 Å². The summed E-state index contributed by atoms with van der Waals surface area (Å²) >= 11 is 0. The molecule has 2 heterocycles. The van der Waals surface area contributed by atoms with E-state index in [0.29, 0.717) is 23.9 Å². The van der Waals surface area contributed by atoms with E-state index >= 15 is 0 Å². The number of anilines is 1. The molecule has 2 fully saturated rings. The van der Waals surface area contributed by atoms with Gasteiger partial charge in [-0.25, -0.2) is 0 Å². The lowest BCUT2D eigenvalue weighted by molar-refractivity contribution is 0.338. The van der Waals surface area contributed by atoms with Crippen LogP contribution >= 0.6 is 12.4 Å². The third kappa shape index (κ3) is 2.47. The molecule has 0 radical (unpaired) electrons. The van der Waals surface area contributed by atoms with Gasteiger partial charge in [-0.05, 0) is 31.7 Å². The molecule has 1 aliphatic carbocycles. The minimum absolute atomic E-state index is 0. The van der Waals surface area contributed by atoms with Gasteiger partial charge in [-0.3, -0.25) is 0 Å². The van der Waals surface area contributed by atoms with Crippen LogP contribution in [0.5, 0.6) is 0 Å². The van der Waals surface area contributed by atoms with Gasteiger partial charge in [-0.1, -0.05) is 17.9 Å². The van der Waals surface area contributed by atoms with Crippen molar-refractivity contribution in [3.63, 3.8) is 0 Å². The van der Waals surface area contributed by atoms with E-state index in [1.54, 1.807) is 0 Å². The van der Waals surface area contributed by atoms with Gasteiger partial charge in [0.25, 0.3) is 0 Å². The molecule has 0 bridgehead atoms. The highest BCUT2D eigenvalue weighted by molar-refractivity contribution is 5.85. The van der Waals surface area contributed by atoms with E-state index in [1.807, 2.05) is 7.05 Å². The summed E-state index contributed by atoms with van der Waals surface area (Å²) in [5.41, 5.74) is 0.553. The summed E-state index contributed by atoms with van der Waals surface area (Å²) in [6, 6.07) is 0.707. The topological polar surface area (TPSA) is 54.2 Å². The normalized spacial score (nSPS) is 21.5. The summed E-state index contributed by atoms with van der Waals surface area (Å²) in [4.78, 5) is 2.26. The molecule has 5 nitrogen and oxygen atoms in total. The molecule has 0 atom stereocenters. The Balaban J connectivity index is 0.00000120. The van der Waals surface area contributed by atoms with Gasteiger partial charge in [0.15, 0.2) is 0 Å². The number of hydrogen-bond acceptors (Lipinski definition) is 5. The monoisotopic (exact) mass is 272 g/mol. The highest BCUT2D eigenvalue weighted by Gasteiger charge is 2.41. The molecule has 1 N–H and O–H groups in total. The van der Waals surface area contributed by atoms with Crippen LogP contribution in [0.1, 0.15) is 38.0 Å². The lowest BCUT2D eigenvalue weighted by Gasteiger charge is -2.22. The molecule has 0 aromatic carbocycles. The average Bonchev–Trinajstić information content (AvgIpc) is 3.03. The molecular weight excluding hydrogens is 252 g/mol. The minimum atomic E-state index is 0. The largest absolute Gasteiger partial charge is 0.407 e. The molecule has 1 aromatic rings. The van der Waals surface area contributed by atoms with Crippen molar-refractivity contribution in [1.29, 1.82) is 0 Å². The summed E-state index contributed by atoms with van der Waals surface area (Å²) in [5, 5.41) is 11.2. The van der Waals surface area contributed by atoms with E-state index in [1.165, 1.54) is 32.1 Å². The number of aromatic nitrogens is 2. The number of hydrogen-bond donors (Lipinski definition) is 1. The fourth-order valence-corrected chi connectivity index (χ4v) is 3.23. The standard InChI is InChI=1S/C12H20N4O.ClH/c1-13-8-10-14-15-11(17-10)16-7-6-12(9-16)4-2-3-5-12;/h13H,2-9H2,1H3;1H. The molecule has 1 spiro atoms. The van der Waals surface area contributed by atoms with E-state index in [0.717, 1.165) is 13.1 Å². The van der Waals surface area contributed by atoms with Crippen molar-refractivity contribution in [2.75, 3.05) is 25.0 Å². The fourth-order valence-electron chi connectivity index (χ4n) is 3.23. The van der Waals surface area contributed by atoms with Crippen molar-refractivity contribution in [3.8, 4) is 0 Å². The van der Waals surface area contributed by atoms with Gasteiger partial charge in [0.1, 0.15) is 0 Å². The average molecular weight is 273 g/mol. The van der Waals surface area contributed by atoms with E-state index in [9.17, 15) is 0 Å². The Labute approximate surface area is 114 Å². The molecular formula is C12H21ClN4O. The molecule has 102 valence electrons. The van der Waals surface area contributed by atoms with Crippen LogP contribution in [0.3, 0.4) is 0 Å². The molecule has 1 aromatic heterocycles. The quantitative estimate of drug-likeness (QED) is 0.912. The zero-order valence-electron chi connectivity index (χ0n) is 10.8. The summed E-state index contributed by atoms with van der Waals surface area (Å²) < 4.78 is 5.65. The van der Waals surface area contributed by atoms with Crippen molar-refractivity contribution in [3.05, 3.63) is 5.89 Å². The van der Waals surface area contributed by atoms with Crippen molar-refractivity contribution in [2.45, 2.75) is 38.6 Å². The minimum Gasteiger partial charge on any atom is -0.407 e. The Hall–Kier alpha value is -0.810. The molecule has 6 heteroatoms. The third-order valence-electron chi connectivity index (χ3n) is 4.16. The van der Waals surface area contributed by atoms with Crippen molar-refractivity contribution < 1.29 is 4.42 Å². The Morgan fingerprint density at radius 3 is 2.78 bits per heavy atom. The second-order valence-corrected chi connectivity index (χ2v) is 5.39. The number of halogens is 1. The van der Waals surface area contributed by atoms with Gasteiger partial charge in [0.2, 0.25) is 5.89 Å². The fraction of sp³-hybridized carbons (Fsp3) is 0.833. The predicted molar refractivity (Wildman–Crippen MR) is 72.0 cm³/mol. The molecule has 0 amide bonds. The van der Waals surface area contributed by atoms with Crippen LogP contribution < -0.4 is 10.2 Å². The highest BCUT2D eigenvalue weighted by atomic mass is 35.5. The van der Waals surface area contributed by atoms with Gasteiger partial charge in [-0.15, -0.1) is 17.5 Å². The highest BCUT2D eigenvalue weighted by Crippen LogP contribution is 2.46. The lowest BCUT2D eigenvalue weighted by Crippen LogP contribution is -2.25. The first kappa shape index (κ1) is 13.6. The molecule has 1 saturated heterocycles. The smallest absolute Gasteiger partial charge is 0.318 e. The Bertz CT molecular complexity index is 389. The second kappa shape index (κ2) is 5.45. The first-order valence-electron chi connectivity index (χ1n) is 6.53. The SMILES string of the molecule is CNCc1nnc(N2CCC3(CCCC3)C2)o1.Cl. The maximum absolute atomic E-state index is 5.65. The zero-order valence-corrected chi connectivity index (χ0v) is 11.6. The van der Waals surface area contributed by atoms with E-state index < -0.39 is 0 Å². The van der Waals surface area contributed by atoms with Crippen LogP contribution in [-0.2, 0) is 6.54 Å². The third-order valence-corrected chi connectivity index (χ3v) is 4.16. The Kier molecular flexibility index (Phi) is 4.12. The Morgan fingerprint density at radius 2 is 2.06 bits per heavy atom. The number of nitrogens with zero attached hydrogens (tertiary/aromatic N) is 3. The first-order valence-corrected chi connectivity index (χ1v) is 6.53. The molecule has 2 aliphatic rings. The first-order chi connectivity index (χ1) is 8.31. The molecule has 0 unspecified atom stereocenters. The van der Waals surface area contributed by atoms with Crippen LogP contribution in [0, 0.1) is 5.41 Å². The van der Waals surface area contributed by atoms with E-state index in [2.05, 4.69) is 20.4 Å². The van der Waals surface area contributed by atoms with Crippen LogP contribution in [0.25, 0.3) is 0 Å². The number of nitrogens with one attached hydrogen (secondary N) is 1. The van der Waals surface area contributed by atoms with Crippen LogP contribution in [-0.4, -0.2) is 30.3 Å². The zero-order chi connectivity index (χ0) is 11.7. The van der Waals surface area contributed by atoms with Crippen molar-refractivity contribution >= 4 is 18.4 Å². The van der Waals surface area contributed by atoms with Gasteiger partial charge < -0.3 is 14.6 Å². The van der Waals surface area contributed by atoms with Crippen LogP contribution in [0.4, 0.5) is 6.01 Å². The predicted octanol–water partition coefficient (Wildman–Crippen LogP) is 1.98. The molecule has 18 heavy (non-hydrogen) atoms. The van der Waals surface area contributed by atoms with Crippen LogP contribution in [0.15, 0.2) is 4.42 Å². The second-order valence-electron chi connectivity index (χ2n) is 5.39. The maximum Gasteiger partial charge on any atom is 0.318 e. The summed E-state index contributed by atoms with van der Waals surface area (Å²) in [5.74, 6) is 0.676. The van der Waals surface area contributed by atoms with E-state index in [4.69, 9.17) is 4.42 Å². The van der Waals surface area contributed by atoms with E-state index in [-0.39, 0.29) is 12.4 Å². The van der Waals surface area contributed by atoms with Gasteiger partial charge in [0.05, 0.1) is 6.54 Å².